The molecule has 0 saturated carbocycles. The Morgan fingerprint density at radius 1 is 1.44 bits per heavy atom. The van der Waals surface area contributed by atoms with Crippen molar-refractivity contribution >= 4 is 27.5 Å². The molecule has 1 saturated heterocycles. The number of alkyl halides is 1. The van der Waals surface area contributed by atoms with E-state index in [-0.39, 0.29) is 6.10 Å². The molecule has 2 nitrogen and oxygen atoms in total. The van der Waals surface area contributed by atoms with E-state index in [4.69, 9.17) is 16.3 Å². The van der Waals surface area contributed by atoms with E-state index in [0.717, 1.165) is 26.2 Å². The predicted molar refractivity (Wildman–Crippen MR) is 69.9 cm³/mol. The first-order valence-corrected chi connectivity index (χ1v) is 6.75. The third-order valence-electron chi connectivity index (χ3n) is 2.75. The van der Waals surface area contributed by atoms with Crippen molar-refractivity contribution in [2.75, 3.05) is 25.6 Å². The van der Waals surface area contributed by atoms with Gasteiger partial charge in [0.2, 0.25) is 0 Å². The van der Waals surface area contributed by atoms with Gasteiger partial charge in [-0.15, -0.1) is 11.6 Å². The maximum absolute atomic E-state index is 5.82. The third kappa shape index (κ3) is 3.20. The molecule has 0 amide bonds. The standard InChI is InChI=1S/C12H15BrClNO/c13-12-4-2-1-3-10(12)8-15-5-6-16-11(7-14)9-15/h1-4,11H,5-9H2. The lowest BCUT2D eigenvalue weighted by Gasteiger charge is -2.32. The van der Waals surface area contributed by atoms with Gasteiger partial charge in [0.25, 0.3) is 0 Å². The minimum absolute atomic E-state index is 0.179. The van der Waals surface area contributed by atoms with Gasteiger partial charge in [0, 0.05) is 30.0 Å². The number of benzene rings is 1. The summed E-state index contributed by atoms with van der Waals surface area (Å²) in [5.41, 5.74) is 1.32. The van der Waals surface area contributed by atoms with Crippen molar-refractivity contribution in [2.24, 2.45) is 0 Å². The van der Waals surface area contributed by atoms with Crippen molar-refractivity contribution in [1.82, 2.24) is 4.90 Å². The number of nitrogens with zero attached hydrogens (tertiary/aromatic N) is 1. The molecular weight excluding hydrogens is 289 g/mol. The van der Waals surface area contributed by atoms with Crippen LogP contribution < -0.4 is 0 Å². The average Bonchev–Trinajstić information content (AvgIpc) is 2.32. The summed E-state index contributed by atoms with van der Waals surface area (Å²) in [7, 11) is 0. The summed E-state index contributed by atoms with van der Waals surface area (Å²) in [4.78, 5) is 2.39. The molecule has 4 heteroatoms. The van der Waals surface area contributed by atoms with E-state index < -0.39 is 0 Å². The van der Waals surface area contributed by atoms with Gasteiger partial charge in [-0.05, 0) is 11.6 Å². The van der Waals surface area contributed by atoms with Crippen LogP contribution in [-0.4, -0.2) is 36.6 Å². The van der Waals surface area contributed by atoms with Gasteiger partial charge in [-0.1, -0.05) is 34.1 Å². The van der Waals surface area contributed by atoms with Crippen molar-refractivity contribution in [2.45, 2.75) is 12.6 Å². The first kappa shape index (κ1) is 12.4. The predicted octanol–water partition coefficient (Wildman–Crippen LogP) is 2.89. The maximum atomic E-state index is 5.82. The molecule has 88 valence electrons. The third-order valence-corrected chi connectivity index (χ3v) is 3.86. The fourth-order valence-corrected chi connectivity index (χ4v) is 2.48. The summed E-state index contributed by atoms with van der Waals surface area (Å²) in [6, 6.07) is 8.33. The molecular formula is C12H15BrClNO. The van der Waals surface area contributed by atoms with Crippen molar-refractivity contribution in [3.05, 3.63) is 34.3 Å². The summed E-state index contributed by atoms with van der Waals surface area (Å²) in [6.45, 7) is 3.64. The zero-order valence-corrected chi connectivity index (χ0v) is 11.4. The summed E-state index contributed by atoms with van der Waals surface area (Å²) < 4.78 is 6.71. The Balaban J connectivity index is 1.97. The van der Waals surface area contributed by atoms with Crippen LogP contribution in [0.3, 0.4) is 0 Å². The molecule has 1 aromatic carbocycles. The van der Waals surface area contributed by atoms with Crippen LogP contribution in [0.25, 0.3) is 0 Å². The highest BCUT2D eigenvalue weighted by Crippen LogP contribution is 2.19. The van der Waals surface area contributed by atoms with Crippen LogP contribution >= 0.6 is 27.5 Å². The van der Waals surface area contributed by atoms with E-state index in [2.05, 4.69) is 39.0 Å². The Hall–Kier alpha value is -0.0900. The normalized spacial score (nSPS) is 22.2. The highest BCUT2D eigenvalue weighted by molar-refractivity contribution is 9.10. The monoisotopic (exact) mass is 303 g/mol. The Kier molecular flexibility index (Phi) is 4.65. The molecule has 0 spiro atoms. The largest absolute Gasteiger partial charge is 0.374 e. The first-order chi connectivity index (χ1) is 7.79. The smallest absolute Gasteiger partial charge is 0.0837 e. The molecule has 0 bridgehead atoms. The molecule has 0 radical (unpaired) electrons. The van der Waals surface area contributed by atoms with Crippen molar-refractivity contribution in [3.8, 4) is 0 Å². The summed E-state index contributed by atoms with van der Waals surface area (Å²) in [5.74, 6) is 0.576. The molecule has 0 N–H and O–H groups in total. The zero-order valence-electron chi connectivity index (χ0n) is 9.03. The minimum Gasteiger partial charge on any atom is -0.374 e. The van der Waals surface area contributed by atoms with Gasteiger partial charge in [-0.25, -0.2) is 0 Å². The van der Waals surface area contributed by atoms with Crippen molar-refractivity contribution in [1.29, 1.82) is 0 Å². The van der Waals surface area contributed by atoms with Crippen LogP contribution in [0.4, 0.5) is 0 Å². The van der Waals surface area contributed by atoms with Crippen molar-refractivity contribution < 1.29 is 4.74 Å². The second kappa shape index (κ2) is 6.01. The quantitative estimate of drug-likeness (QED) is 0.796. The molecule has 2 rings (SSSR count). The molecule has 1 aliphatic rings. The molecule has 1 atom stereocenters. The average molecular weight is 305 g/mol. The summed E-state index contributed by atoms with van der Waals surface area (Å²) in [5, 5.41) is 0. The molecule has 1 aromatic rings. The molecule has 1 fully saturated rings. The highest BCUT2D eigenvalue weighted by atomic mass is 79.9. The van der Waals surface area contributed by atoms with Gasteiger partial charge in [-0.3, -0.25) is 4.90 Å². The van der Waals surface area contributed by atoms with Crippen LogP contribution in [0, 0.1) is 0 Å². The molecule has 1 aliphatic heterocycles. The number of hydrogen-bond donors (Lipinski definition) is 0. The van der Waals surface area contributed by atoms with Crippen LogP contribution in [0.2, 0.25) is 0 Å². The number of rotatable bonds is 3. The number of morpholine rings is 1. The van der Waals surface area contributed by atoms with Crippen LogP contribution in [0.5, 0.6) is 0 Å². The van der Waals surface area contributed by atoms with E-state index in [1.807, 2.05) is 6.07 Å². The molecule has 0 aliphatic carbocycles. The van der Waals surface area contributed by atoms with Crippen LogP contribution in [0.1, 0.15) is 5.56 Å². The van der Waals surface area contributed by atoms with Gasteiger partial charge in [0.15, 0.2) is 0 Å². The molecule has 16 heavy (non-hydrogen) atoms. The fourth-order valence-electron chi connectivity index (χ4n) is 1.88. The molecule has 1 unspecified atom stereocenters. The first-order valence-electron chi connectivity index (χ1n) is 5.43. The highest BCUT2D eigenvalue weighted by Gasteiger charge is 2.19. The topological polar surface area (TPSA) is 12.5 Å². The zero-order chi connectivity index (χ0) is 11.4. The Labute approximate surface area is 110 Å². The Morgan fingerprint density at radius 2 is 2.25 bits per heavy atom. The van der Waals surface area contributed by atoms with Gasteiger partial charge >= 0.3 is 0 Å². The SMILES string of the molecule is ClCC1CN(Cc2ccccc2Br)CCO1. The molecule has 1 heterocycles. The Bertz CT molecular complexity index is 348. The lowest BCUT2D eigenvalue weighted by Crippen LogP contribution is -2.42. The van der Waals surface area contributed by atoms with E-state index >= 15 is 0 Å². The van der Waals surface area contributed by atoms with E-state index in [9.17, 15) is 0 Å². The maximum Gasteiger partial charge on any atom is 0.0837 e. The van der Waals surface area contributed by atoms with E-state index in [1.54, 1.807) is 0 Å². The van der Waals surface area contributed by atoms with Gasteiger partial charge in [0.1, 0.15) is 0 Å². The second-order valence-electron chi connectivity index (χ2n) is 3.97. The minimum atomic E-state index is 0.179. The number of hydrogen-bond acceptors (Lipinski definition) is 2. The van der Waals surface area contributed by atoms with Crippen LogP contribution in [-0.2, 0) is 11.3 Å². The van der Waals surface area contributed by atoms with Gasteiger partial charge in [-0.2, -0.15) is 0 Å². The van der Waals surface area contributed by atoms with Crippen molar-refractivity contribution in [3.63, 3.8) is 0 Å². The Morgan fingerprint density at radius 3 is 3.00 bits per heavy atom. The van der Waals surface area contributed by atoms with Gasteiger partial charge < -0.3 is 4.74 Å². The summed E-state index contributed by atoms with van der Waals surface area (Å²) in [6.07, 6.45) is 0.179. The lowest BCUT2D eigenvalue weighted by molar-refractivity contribution is -0.0194. The van der Waals surface area contributed by atoms with E-state index in [0.29, 0.717) is 5.88 Å². The van der Waals surface area contributed by atoms with E-state index in [1.165, 1.54) is 10.0 Å². The summed E-state index contributed by atoms with van der Waals surface area (Å²) >= 11 is 9.39. The van der Waals surface area contributed by atoms with Gasteiger partial charge in [0.05, 0.1) is 12.7 Å². The fraction of sp³-hybridized carbons (Fsp3) is 0.500. The molecule has 0 aromatic heterocycles. The lowest BCUT2D eigenvalue weighted by atomic mass is 10.2. The number of ether oxygens (including phenoxy) is 1. The number of halogens is 2. The second-order valence-corrected chi connectivity index (χ2v) is 5.14. The van der Waals surface area contributed by atoms with Crippen LogP contribution in [0.15, 0.2) is 28.7 Å².